The van der Waals surface area contributed by atoms with E-state index in [0.717, 1.165) is 28.8 Å². The number of amides is 1. The third-order valence-electron chi connectivity index (χ3n) is 6.27. The topological polar surface area (TPSA) is 73.7 Å². The minimum Gasteiger partial charge on any atom is -0.478 e. The van der Waals surface area contributed by atoms with Crippen molar-refractivity contribution >= 4 is 11.9 Å². The third kappa shape index (κ3) is 5.46. The molecule has 3 aromatic rings. The molecule has 0 saturated carbocycles. The van der Waals surface area contributed by atoms with Gasteiger partial charge in [-0.15, -0.1) is 0 Å². The molecule has 1 aromatic heterocycles. The highest BCUT2D eigenvalue weighted by atomic mass is 16.4. The Morgan fingerprint density at radius 1 is 1.06 bits per heavy atom. The summed E-state index contributed by atoms with van der Waals surface area (Å²) >= 11 is 0. The maximum atomic E-state index is 13.4. The fraction of sp³-hybridized carbons (Fsp3) is 0.296. The van der Waals surface area contributed by atoms with Crippen LogP contribution in [0.1, 0.15) is 28.4 Å². The van der Waals surface area contributed by atoms with Crippen LogP contribution >= 0.6 is 0 Å². The number of aromatic carboxylic acids is 1. The van der Waals surface area contributed by atoms with Crippen molar-refractivity contribution in [1.29, 1.82) is 0 Å². The van der Waals surface area contributed by atoms with Crippen molar-refractivity contribution in [2.45, 2.75) is 19.9 Å². The van der Waals surface area contributed by atoms with E-state index in [9.17, 15) is 9.59 Å². The number of hydrogen-bond acceptors (Lipinski definition) is 4. The van der Waals surface area contributed by atoms with Crippen molar-refractivity contribution in [3.8, 4) is 11.1 Å². The van der Waals surface area contributed by atoms with Crippen molar-refractivity contribution in [3.05, 3.63) is 89.7 Å². The number of benzene rings is 2. The summed E-state index contributed by atoms with van der Waals surface area (Å²) in [7, 11) is 0. The van der Waals surface area contributed by atoms with E-state index in [2.05, 4.69) is 22.0 Å². The van der Waals surface area contributed by atoms with Crippen LogP contribution in [0.25, 0.3) is 11.1 Å². The minimum atomic E-state index is -0.923. The zero-order valence-electron chi connectivity index (χ0n) is 18.9. The molecule has 1 N–H and O–H groups in total. The lowest BCUT2D eigenvalue weighted by Crippen LogP contribution is -2.37. The lowest BCUT2D eigenvalue weighted by Gasteiger charge is -2.24. The molecule has 1 aliphatic heterocycles. The second-order valence-corrected chi connectivity index (χ2v) is 8.45. The molecular formula is C27H29N3O3. The predicted molar refractivity (Wildman–Crippen MR) is 128 cm³/mol. The van der Waals surface area contributed by atoms with Gasteiger partial charge in [0.05, 0.1) is 11.5 Å². The summed E-state index contributed by atoms with van der Waals surface area (Å²) in [6.45, 7) is 5.56. The fourth-order valence-electron chi connectivity index (χ4n) is 4.50. The monoisotopic (exact) mass is 443 g/mol. The van der Waals surface area contributed by atoms with Crippen LogP contribution in [0.15, 0.2) is 73.1 Å². The van der Waals surface area contributed by atoms with Gasteiger partial charge in [0, 0.05) is 50.7 Å². The molecule has 33 heavy (non-hydrogen) atoms. The van der Waals surface area contributed by atoms with Crippen LogP contribution in [0.3, 0.4) is 0 Å². The number of carboxylic acid groups (broad SMARTS) is 1. The lowest BCUT2D eigenvalue weighted by atomic mass is 9.91. The summed E-state index contributed by atoms with van der Waals surface area (Å²) in [5.74, 6) is -0.876. The summed E-state index contributed by atoms with van der Waals surface area (Å²) in [5, 5.41) is 9.14. The Bertz CT molecular complexity index is 1100. The van der Waals surface area contributed by atoms with E-state index in [4.69, 9.17) is 5.11 Å². The van der Waals surface area contributed by atoms with E-state index in [0.29, 0.717) is 32.6 Å². The number of rotatable bonds is 7. The van der Waals surface area contributed by atoms with Gasteiger partial charge in [0.15, 0.2) is 0 Å². The molecule has 6 heteroatoms. The van der Waals surface area contributed by atoms with Gasteiger partial charge in [0.25, 0.3) is 0 Å². The number of aromatic nitrogens is 1. The van der Waals surface area contributed by atoms with Crippen LogP contribution in [0, 0.1) is 5.92 Å². The van der Waals surface area contributed by atoms with Crippen molar-refractivity contribution < 1.29 is 14.7 Å². The summed E-state index contributed by atoms with van der Waals surface area (Å²) < 4.78 is 0. The first-order chi connectivity index (χ1) is 16.0. The van der Waals surface area contributed by atoms with E-state index in [1.54, 1.807) is 18.3 Å². The molecule has 0 unspecified atom stereocenters. The zero-order valence-corrected chi connectivity index (χ0v) is 18.9. The maximum Gasteiger partial charge on any atom is 0.335 e. The molecule has 0 radical (unpaired) electrons. The smallest absolute Gasteiger partial charge is 0.335 e. The highest BCUT2D eigenvalue weighted by molar-refractivity contribution is 5.87. The number of likely N-dealkylation sites (N-methyl/N-ethyl adjacent to an activating group) is 1. The molecule has 170 valence electrons. The number of nitrogens with zero attached hydrogens (tertiary/aromatic N) is 3. The second-order valence-electron chi connectivity index (χ2n) is 8.45. The van der Waals surface area contributed by atoms with Crippen LogP contribution in [-0.4, -0.2) is 57.9 Å². The molecule has 2 aromatic carbocycles. The van der Waals surface area contributed by atoms with Gasteiger partial charge in [-0.1, -0.05) is 42.5 Å². The van der Waals surface area contributed by atoms with Gasteiger partial charge in [-0.2, -0.15) is 0 Å². The molecular weight excluding hydrogens is 414 g/mol. The van der Waals surface area contributed by atoms with Crippen LogP contribution in [0.4, 0.5) is 0 Å². The number of carbonyl (C=O) groups is 2. The van der Waals surface area contributed by atoms with E-state index >= 15 is 0 Å². The van der Waals surface area contributed by atoms with Crippen LogP contribution in [0.2, 0.25) is 0 Å². The van der Waals surface area contributed by atoms with E-state index in [1.807, 2.05) is 54.4 Å². The average Bonchev–Trinajstić information content (AvgIpc) is 2.98. The number of carboxylic acids is 1. The molecule has 1 amide bonds. The van der Waals surface area contributed by atoms with Gasteiger partial charge in [0.1, 0.15) is 0 Å². The largest absolute Gasteiger partial charge is 0.478 e. The molecule has 0 spiro atoms. The predicted octanol–water partition coefficient (Wildman–Crippen LogP) is 3.97. The second kappa shape index (κ2) is 10.4. The Hall–Kier alpha value is -3.51. The molecule has 1 atom stereocenters. The van der Waals surface area contributed by atoms with Gasteiger partial charge in [-0.05, 0) is 48.2 Å². The van der Waals surface area contributed by atoms with E-state index < -0.39 is 5.97 Å². The zero-order chi connectivity index (χ0) is 23.2. The van der Waals surface area contributed by atoms with Gasteiger partial charge in [-0.3, -0.25) is 14.7 Å². The first-order valence-corrected chi connectivity index (χ1v) is 11.4. The normalized spacial score (nSPS) is 17.1. The molecule has 0 aliphatic carbocycles. The number of hydrogen-bond donors (Lipinski definition) is 1. The first kappa shape index (κ1) is 22.7. The van der Waals surface area contributed by atoms with E-state index in [1.165, 1.54) is 0 Å². The van der Waals surface area contributed by atoms with Crippen LogP contribution in [0.5, 0.6) is 0 Å². The molecule has 0 bridgehead atoms. The molecule has 1 aliphatic rings. The van der Waals surface area contributed by atoms with Crippen LogP contribution < -0.4 is 0 Å². The Balaban J connectivity index is 1.56. The average molecular weight is 444 g/mol. The van der Waals surface area contributed by atoms with Crippen molar-refractivity contribution in [3.63, 3.8) is 0 Å². The summed E-state index contributed by atoms with van der Waals surface area (Å²) in [6, 6.07) is 19.2. The highest BCUT2D eigenvalue weighted by Gasteiger charge is 2.30. The lowest BCUT2D eigenvalue weighted by molar-refractivity contribution is -0.134. The minimum absolute atomic E-state index is 0.149. The van der Waals surface area contributed by atoms with Gasteiger partial charge in [-0.25, -0.2) is 4.79 Å². The van der Waals surface area contributed by atoms with Gasteiger partial charge in [0.2, 0.25) is 5.91 Å². The number of pyridine rings is 1. The molecule has 1 fully saturated rings. The Morgan fingerprint density at radius 2 is 1.85 bits per heavy atom. The fourth-order valence-corrected chi connectivity index (χ4v) is 4.50. The van der Waals surface area contributed by atoms with Gasteiger partial charge >= 0.3 is 5.97 Å². The van der Waals surface area contributed by atoms with E-state index in [-0.39, 0.29) is 17.4 Å². The summed E-state index contributed by atoms with van der Waals surface area (Å²) in [5.41, 5.74) is 4.64. The highest BCUT2D eigenvalue weighted by Crippen LogP contribution is 2.27. The Labute approximate surface area is 194 Å². The Morgan fingerprint density at radius 3 is 2.55 bits per heavy atom. The Kier molecular flexibility index (Phi) is 7.15. The SMILES string of the molecule is CCN1CCN(Cc2ccc(C(=O)O)cc2)C[C@H](Cc2ccccc2-c2cccnc2)C1=O. The summed E-state index contributed by atoms with van der Waals surface area (Å²) in [4.78, 5) is 33.0. The van der Waals surface area contributed by atoms with Crippen molar-refractivity contribution in [1.82, 2.24) is 14.8 Å². The van der Waals surface area contributed by atoms with Gasteiger partial charge < -0.3 is 10.0 Å². The third-order valence-corrected chi connectivity index (χ3v) is 6.27. The molecule has 1 saturated heterocycles. The van der Waals surface area contributed by atoms with Crippen molar-refractivity contribution in [2.75, 3.05) is 26.2 Å². The summed E-state index contributed by atoms with van der Waals surface area (Å²) in [6.07, 6.45) is 4.29. The standard InChI is InChI=1S/C27H29N3O3/c1-2-30-15-14-29(18-20-9-11-21(12-10-20)27(32)33)19-24(26(30)31)16-22-6-3-4-8-25(22)23-7-5-13-28-17-23/h3-13,17,24H,2,14-16,18-19H2,1H3,(H,32,33)/t24-/m0/s1. The van der Waals surface area contributed by atoms with Crippen molar-refractivity contribution in [2.24, 2.45) is 5.92 Å². The molecule has 2 heterocycles. The maximum absolute atomic E-state index is 13.4. The molecule has 4 rings (SSSR count). The first-order valence-electron chi connectivity index (χ1n) is 11.4. The molecule has 6 nitrogen and oxygen atoms in total. The number of carbonyl (C=O) groups excluding carboxylic acids is 1. The van der Waals surface area contributed by atoms with Crippen LogP contribution in [-0.2, 0) is 17.8 Å². The quantitative estimate of drug-likeness (QED) is 0.598.